The maximum atomic E-state index is 12.7. The van der Waals surface area contributed by atoms with E-state index in [-0.39, 0.29) is 17.7 Å². The summed E-state index contributed by atoms with van der Waals surface area (Å²) in [5.74, 6) is 0.182. The molecule has 2 N–H and O–H groups in total. The van der Waals surface area contributed by atoms with E-state index in [1.54, 1.807) is 12.4 Å². The van der Waals surface area contributed by atoms with Gasteiger partial charge in [0.15, 0.2) is 0 Å². The third kappa shape index (κ3) is 6.70. The topological polar surface area (TPSA) is 104 Å². The Balaban J connectivity index is 1.27. The smallest absolute Gasteiger partial charge is 0.407 e. The Hall–Kier alpha value is -3.70. The molecule has 0 aliphatic heterocycles. The van der Waals surface area contributed by atoms with Gasteiger partial charge in [0.05, 0.1) is 12.2 Å². The highest BCUT2D eigenvalue weighted by molar-refractivity contribution is 7.16. The molecule has 0 fully saturated rings. The first kappa shape index (κ1) is 25.4. The van der Waals surface area contributed by atoms with E-state index in [0.29, 0.717) is 36.6 Å². The molecule has 4 rings (SSSR count). The number of aromatic nitrogens is 1. The molecule has 0 saturated carbocycles. The molecular weight excluding hydrogens is 472 g/mol. The Morgan fingerprint density at radius 2 is 2.08 bits per heavy atom. The van der Waals surface area contributed by atoms with Gasteiger partial charge in [0, 0.05) is 30.2 Å². The summed E-state index contributed by atoms with van der Waals surface area (Å²) >= 11 is 1.47. The van der Waals surface area contributed by atoms with Crippen LogP contribution in [-0.2, 0) is 28.8 Å². The summed E-state index contributed by atoms with van der Waals surface area (Å²) in [6.07, 6.45) is 6.43. The van der Waals surface area contributed by atoms with E-state index < -0.39 is 6.09 Å². The molecule has 0 radical (unpaired) electrons. The lowest BCUT2D eigenvalue weighted by Crippen LogP contribution is -2.29. The third-order valence-corrected chi connectivity index (χ3v) is 7.62. The van der Waals surface area contributed by atoms with Gasteiger partial charge in [0.2, 0.25) is 5.91 Å². The van der Waals surface area contributed by atoms with E-state index in [1.165, 1.54) is 11.3 Å². The number of amides is 2. The van der Waals surface area contributed by atoms with Crippen LogP contribution in [0, 0.1) is 17.2 Å². The van der Waals surface area contributed by atoms with Gasteiger partial charge in [-0.25, -0.2) is 4.79 Å². The second-order valence-corrected chi connectivity index (χ2v) is 10.2. The molecule has 1 aliphatic carbocycles. The van der Waals surface area contributed by atoms with Crippen LogP contribution >= 0.6 is 11.3 Å². The van der Waals surface area contributed by atoms with Crippen LogP contribution in [0.3, 0.4) is 0 Å². The van der Waals surface area contributed by atoms with Crippen LogP contribution in [0.4, 0.5) is 9.80 Å². The second-order valence-electron chi connectivity index (χ2n) is 9.13. The van der Waals surface area contributed by atoms with Crippen molar-refractivity contribution in [3.8, 4) is 6.07 Å². The second kappa shape index (κ2) is 12.3. The molecule has 1 aliphatic rings. The number of carbonyl (C=O) groups excluding carboxylic acids is 2. The quantitative estimate of drug-likeness (QED) is 0.417. The van der Waals surface area contributed by atoms with Crippen molar-refractivity contribution in [2.24, 2.45) is 5.92 Å². The van der Waals surface area contributed by atoms with Crippen molar-refractivity contribution >= 4 is 28.3 Å². The lowest BCUT2D eigenvalue weighted by atomic mass is 9.88. The largest absolute Gasteiger partial charge is 0.449 e. The minimum atomic E-state index is -0.422. The minimum absolute atomic E-state index is 0.0864. The Labute approximate surface area is 215 Å². The third-order valence-electron chi connectivity index (χ3n) is 6.45. The van der Waals surface area contributed by atoms with E-state index in [0.717, 1.165) is 40.8 Å². The molecule has 7 nitrogen and oxygen atoms in total. The lowest BCUT2D eigenvalue weighted by Gasteiger charge is -2.21. The average molecular weight is 503 g/mol. The van der Waals surface area contributed by atoms with Gasteiger partial charge < -0.3 is 15.4 Å². The van der Waals surface area contributed by atoms with Crippen molar-refractivity contribution in [1.29, 1.82) is 5.26 Å². The van der Waals surface area contributed by atoms with Gasteiger partial charge in [-0.3, -0.25) is 9.78 Å². The Morgan fingerprint density at radius 3 is 2.83 bits per heavy atom. The molecule has 36 heavy (non-hydrogen) atoms. The van der Waals surface area contributed by atoms with Gasteiger partial charge in [0.1, 0.15) is 11.1 Å². The average Bonchev–Trinajstić information content (AvgIpc) is 3.24. The Bertz CT molecular complexity index is 1220. The lowest BCUT2D eigenvalue weighted by molar-refractivity contribution is -0.116. The van der Waals surface area contributed by atoms with Crippen molar-refractivity contribution in [2.75, 3.05) is 18.5 Å². The number of carbonyl (C=O) groups is 2. The van der Waals surface area contributed by atoms with Crippen molar-refractivity contribution in [3.05, 3.63) is 82.0 Å². The number of nitriles is 1. The highest BCUT2D eigenvalue weighted by Crippen LogP contribution is 2.39. The van der Waals surface area contributed by atoms with Crippen LogP contribution in [0.2, 0.25) is 0 Å². The standard InChI is InChI=1S/C28H30N4O3S/c1-19(22-7-3-2-4-8-22)14-26(33)32-27-24(16-29)23-10-9-21(15-25(23)36-27)18-35-28(34)31-13-11-20-6-5-12-30-17-20/h2-8,12,17,19,21H,9-11,13-15,18H2,1H3,(H,31,34)(H,32,33). The number of hydrogen-bond donors (Lipinski definition) is 2. The predicted octanol–water partition coefficient (Wildman–Crippen LogP) is 5.22. The summed E-state index contributed by atoms with van der Waals surface area (Å²) in [5.41, 5.74) is 3.76. The van der Waals surface area contributed by atoms with E-state index in [1.807, 2.05) is 49.4 Å². The molecule has 8 heteroatoms. The number of hydrogen-bond acceptors (Lipinski definition) is 6. The first-order chi connectivity index (χ1) is 17.5. The number of fused-ring (bicyclic) bond motifs is 1. The van der Waals surface area contributed by atoms with E-state index in [9.17, 15) is 14.9 Å². The summed E-state index contributed by atoms with van der Waals surface area (Å²) in [5, 5.41) is 16.2. The fourth-order valence-corrected chi connectivity index (χ4v) is 5.79. The molecule has 2 heterocycles. The number of rotatable bonds is 9. The van der Waals surface area contributed by atoms with Crippen LogP contribution in [0.5, 0.6) is 0 Å². The highest BCUT2D eigenvalue weighted by atomic mass is 32.1. The molecule has 2 unspecified atom stereocenters. The Kier molecular flexibility index (Phi) is 8.69. The summed E-state index contributed by atoms with van der Waals surface area (Å²) in [6, 6.07) is 16.1. The minimum Gasteiger partial charge on any atom is -0.449 e. The van der Waals surface area contributed by atoms with Crippen molar-refractivity contribution in [2.45, 2.75) is 44.9 Å². The molecule has 186 valence electrons. The monoisotopic (exact) mass is 502 g/mol. The number of pyridine rings is 1. The summed E-state index contributed by atoms with van der Waals surface area (Å²) in [7, 11) is 0. The zero-order valence-corrected chi connectivity index (χ0v) is 21.1. The van der Waals surface area contributed by atoms with E-state index in [4.69, 9.17) is 4.74 Å². The number of benzene rings is 1. The fraction of sp³-hybridized carbons (Fsp3) is 0.357. The zero-order chi connectivity index (χ0) is 25.3. The SMILES string of the molecule is CC(CC(=O)Nc1sc2c(c1C#N)CCC(COC(=O)NCCc1cccnc1)C2)c1ccccc1. The molecule has 3 aromatic rings. The molecule has 2 amide bonds. The van der Waals surface area contributed by atoms with Gasteiger partial charge in [-0.05, 0) is 60.3 Å². The number of anilines is 1. The summed E-state index contributed by atoms with van der Waals surface area (Å²) < 4.78 is 5.45. The normalized spacial score (nSPS) is 15.3. The number of alkyl carbamates (subject to hydrolysis) is 1. The van der Waals surface area contributed by atoms with Crippen LogP contribution in [0.25, 0.3) is 0 Å². The number of nitrogens with one attached hydrogen (secondary N) is 2. The van der Waals surface area contributed by atoms with E-state index in [2.05, 4.69) is 21.7 Å². The highest BCUT2D eigenvalue weighted by Gasteiger charge is 2.27. The predicted molar refractivity (Wildman–Crippen MR) is 140 cm³/mol. The van der Waals surface area contributed by atoms with Crippen molar-refractivity contribution < 1.29 is 14.3 Å². The van der Waals surface area contributed by atoms with Gasteiger partial charge in [-0.2, -0.15) is 5.26 Å². The molecule has 0 saturated heterocycles. The molecule has 2 atom stereocenters. The van der Waals surface area contributed by atoms with Crippen molar-refractivity contribution in [1.82, 2.24) is 10.3 Å². The maximum Gasteiger partial charge on any atom is 0.407 e. The Morgan fingerprint density at radius 1 is 1.25 bits per heavy atom. The maximum absolute atomic E-state index is 12.7. The van der Waals surface area contributed by atoms with Crippen LogP contribution in [0.15, 0.2) is 54.9 Å². The number of nitrogens with zero attached hydrogens (tertiary/aromatic N) is 2. The number of ether oxygens (including phenoxy) is 1. The number of thiophene rings is 1. The molecule has 2 aromatic heterocycles. The van der Waals surface area contributed by atoms with Crippen LogP contribution < -0.4 is 10.6 Å². The molecule has 0 bridgehead atoms. The van der Waals surface area contributed by atoms with Gasteiger partial charge >= 0.3 is 6.09 Å². The van der Waals surface area contributed by atoms with Gasteiger partial charge in [0.25, 0.3) is 0 Å². The fourth-order valence-electron chi connectivity index (χ4n) is 4.46. The van der Waals surface area contributed by atoms with Crippen LogP contribution in [-0.4, -0.2) is 30.1 Å². The first-order valence-electron chi connectivity index (χ1n) is 12.2. The summed E-state index contributed by atoms with van der Waals surface area (Å²) in [4.78, 5) is 30.0. The molecule has 0 spiro atoms. The van der Waals surface area contributed by atoms with Crippen LogP contribution in [0.1, 0.15) is 52.8 Å². The summed E-state index contributed by atoms with van der Waals surface area (Å²) in [6.45, 7) is 2.84. The first-order valence-corrected chi connectivity index (χ1v) is 13.0. The molecular formula is C28H30N4O3S. The van der Waals surface area contributed by atoms with Gasteiger partial charge in [-0.1, -0.05) is 43.3 Å². The zero-order valence-electron chi connectivity index (χ0n) is 20.3. The molecule has 1 aromatic carbocycles. The van der Waals surface area contributed by atoms with Gasteiger partial charge in [-0.15, -0.1) is 11.3 Å². The van der Waals surface area contributed by atoms with Crippen molar-refractivity contribution in [3.63, 3.8) is 0 Å². The van der Waals surface area contributed by atoms with E-state index >= 15 is 0 Å².